The first-order valence-corrected chi connectivity index (χ1v) is 7.19. The fraction of sp³-hybridized carbons (Fsp3) is 0.625. The molecule has 0 spiro atoms. The Balaban J connectivity index is 1.92. The Morgan fingerprint density at radius 1 is 1.16 bits per heavy atom. The predicted octanol–water partition coefficient (Wildman–Crippen LogP) is 3.22. The lowest BCUT2D eigenvalue weighted by molar-refractivity contribution is 0.140. The molecule has 1 saturated heterocycles. The van der Waals surface area contributed by atoms with Crippen LogP contribution in [-0.4, -0.2) is 19.8 Å². The molecule has 3 rings (SSSR count). The summed E-state index contributed by atoms with van der Waals surface area (Å²) in [6, 6.07) is 4.78. The van der Waals surface area contributed by atoms with Crippen molar-refractivity contribution >= 4 is 0 Å². The first-order chi connectivity index (χ1) is 9.05. The highest BCUT2D eigenvalue weighted by molar-refractivity contribution is 5.48. The molecule has 3 nitrogen and oxygen atoms in total. The molecule has 2 aliphatic heterocycles. The van der Waals surface area contributed by atoms with E-state index in [-0.39, 0.29) is 5.41 Å². The molecule has 1 fully saturated rings. The summed E-state index contributed by atoms with van der Waals surface area (Å²) in [5.41, 5.74) is 2.72. The van der Waals surface area contributed by atoms with Crippen LogP contribution in [0.3, 0.4) is 0 Å². The van der Waals surface area contributed by atoms with E-state index in [9.17, 15) is 0 Å². The van der Waals surface area contributed by atoms with Gasteiger partial charge in [-0.05, 0) is 49.6 Å². The summed E-state index contributed by atoms with van der Waals surface area (Å²) in [5, 5.41) is 3.56. The summed E-state index contributed by atoms with van der Waals surface area (Å²) in [5.74, 6) is 1.80. The molecule has 1 unspecified atom stereocenters. The van der Waals surface area contributed by atoms with E-state index in [1.807, 2.05) is 0 Å². The Labute approximate surface area is 115 Å². The van der Waals surface area contributed by atoms with Gasteiger partial charge in [-0.1, -0.05) is 13.8 Å². The normalized spacial score (nSPS) is 25.1. The first kappa shape index (κ1) is 12.8. The van der Waals surface area contributed by atoms with Crippen LogP contribution < -0.4 is 14.8 Å². The van der Waals surface area contributed by atoms with Crippen LogP contribution in [0.1, 0.15) is 43.9 Å². The topological polar surface area (TPSA) is 30.5 Å². The summed E-state index contributed by atoms with van der Waals surface area (Å²) >= 11 is 0. The van der Waals surface area contributed by atoms with Crippen LogP contribution in [0.5, 0.6) is 11.5 Å². The summed E-state index contributed by atoms with van der Waals surface area (Å²) < 4.78 is 11.9. The van der Waals surface area contributed by atoms with Gasteiger partial charge in [-0.2, -0.15) is 0 Å². The van der Waals surface area contributed by atoms with E-state index >= 15 is 0 Å². The Kier molecular flexibility index (Phi) is 3.17. The van der Waals surface area contributed by atoms with E-state index in [1.165, 1.54) is 24.0 Å². The molecule has 0 amide bonds. The quantitative estimate of drug-likeness (QED) is 0.842. The van der Waals surface area contributed by atoms with Gasteiger partial charge in [0, 0.05) is 11.5 Å². The number of ether oxygens (including phenoxy) is 2. The highest BCUT2D eigenvalue weighted by Crippen LogP contribution is 2.38. The zero-order chi connectivity index (χ0) is 13.5. The van der Waals surface area contributed by atoms with Crippen molar-refractivity contribution in [1.29, 1.82) is 0 Å². The third-order valence-corrected chi connectivity index (χ3v) is 4.00. The number of nitrogens with one attached hydrogen (secondary N) is 1. The van der Waals surface area contributed by atoms with Crippen molar-refractivity contribution in [2.45, 2.75) is 39.7 Å². The number of hydrogen-bond acceptors (Lipinski definition) is 3. The third-order valence-electron chi connectivity index (χ3n) is 4.00. The van der Waals surface area contributed by atoms with Crippen molar-refractivity contribution in [3.05, 3.63) is 23.3 Å². The lowest BCUT2D eigenvalue weighted by atomic mass is 9.97. The van der Waals surface area contributed by atoms with Gasteiger partial charge in [0.1, 0.15) is 0 Å². The molecule has 0 radical (unpaired) electrons. The Hall–Kier alpha value is -1.22. The predicted molar refractivity (Wildman–Crippen MR) is 75.9 cm³/mol. The van der Waals surface area contributed by atoms with Gasteiger partial charge < -0.3 is 14.8 Å². The van der Waals surface area contributed by atoms with Crippen molar-refractivity contribution in [2.24, 2.45) is 5.41 Å². The maximum atomic E-state index is 5.97. The SMILES string of the molecule is Cc1cc2c(cc1C1CCCN1)OCC(C)(C)CO2. The van der Waals surface area contributed by atoms with Crippen LogP contribution in [0, 0.1) is 12.3 Å². The molecule has 0 aromatic heterocycles. The van der Waals surface area contributed by atoms with Gasteiger partial charge in [-0.25, -0.2) is 0 Å². The van der Waals surface area contributed by atoms with Crippen molar-refractivity contribution in [3.8, 4) is 11.5 Å². The number of benzene rings is 1. The Morgan fingerprint density at radius 2 is 1.84 bits per heavy atom. The number of rotatable bonds is 1. The molecule has 0 bridgehead atoms. The Morgan fingerprint density at radius 3 is 2.47 bits per heavy atom. The molecule has 104 valence electrons. The molecule has 1 atom stereocenters. The van der Waals surface area contributed by atoms with Crippen molar-refractivity contribution < 1.29 is 9.47 Å². The molecular weight excluding hydrogens is 238 g/mol. The van der Waals surface area contributed by atoms with Gasteiger partial charge >= 0.3 is 0 Å². The van der Waals surface area contributed by atoms with Crippen molar-refractivity contribution in [1.82, 2.24) is 5.32 Å². The van der Waals surface area contributed by atoms with Crippen LogP contribution in [0.4, 0.5) is 0 Å². The van der Waals surface area contributed by atoms with Crippen LogP contribution in [0.15, 0.2) is 12.1 Å². The van der Waals surface area contributed by atoms with Crippen LogP contribution in [-0.2, 0) is 0 Å². The second-order valence-electron chi connectivity index (χ2n) is 6.55. The van der Waals surface area contributed by atoms with Crippen LogP contribution in [0.2, 0.25) is 0 Å². The molecule has 2 aliphatic rings. The van der Waals surface area contributed by atoms with E-state index in [2.05, 4.69) is 38.2 Å². The van der Waals surface area contributed by atoms with E-state index in [0.29, 0.717) is 19.3 Å². The minimum atomic E-state index is 0.0682. The van der Waals surface area contributed by atoms with Crippen molar-refractivity contribution in [3.63, 3.8) is 0 Å². The number of hydrogen-bond donors (Lipinski definition) is 1. The monoisotopic (exact) mass is 261 g/mol. The maximum Gasteiger partial charge on any atom is 0.161 e. The van der Waals surface area contributed by atoms with Gasteiger partial charge in [0.05, 0.1) is 13.2 Å². The molecule has 3 heteroatoms. The van der Waals surface area contributed by atoms with Gasteiger partial charge in [0.25, 0.3) is 0 Å². The molecular formula is C16H23NO2. The number of fused-ring (bicyclic) bond motifs is 1. The highest BCUT2D eigenvalue weighted by Gasteiger charge is 2.27. The summed E-state index contributed by atoms with van der Waals surface area (Å²) in [7, 11) is 0. The molecule has 1 N–H and O–H groups in total. The summed E-state index contributed by atoms with van der Waals surface area (Å²) in [6.45, 7) is 9.04. The van der Waals surface area contributed by atoms with Crippen LogP contribution >= 0.6 is 0 Å². The largest absolute Gasteiger partial charge is 0.489 e. The van der Waals surface area contributed by atoms with Gasteiger partial charge in [-0.3, -0.25) is 0 Å². The van der Waals surface area contributed by atoms with Gasteiger partial charge in [-0.15, -0.1) is 0 Å². The molecule has 0 saturated carbocycles. The Bertz CT molecular complexity index is 476. The average molecular weight is 261 g/mol. The van der Waals surface area contributed by atoms with Crippen molar-refractivity contribution in [2.75, 3.05) is 19.8 Å². The molecule has 1 aromatic carbocycles. The van der Waals surface area contributed by atoms with E-state index in [1.54, 1.807) is 0 Å². The highest BCUT2D eigenvalue weighted by atomic mass is 16.5. The third kappa shape index (κ3) is 2.57. The fourth-order valence-electron chi connectivity index (χ4n) is 2.82. The van der Waals surface area contributed by atoms with Crippen LogP contribution in [0.25, 0.3) is 0 Å². The second kappa shape index (κ2) is 4.71. The number of aryl methyl sites for hydroxylation is 1. The summed E-state index contributed by atoms with van der Waals surface area (Å²) in [4.78, 5) is 0. The smallest absolute Gasteiger partial charge is 0.161 e. The zero-order valence-corrected chi connectivity index (χ0v) is 12.1. The first-order valence-electron chi connectivity index (χ1n) is 7.19. The maximum absolute atomic E-state index is 5.97. The van der Waals surface area contributed by atoms with E-state index in [4.69, 9.17) is 9.47 Å². The lowest BCUT2D eigenvalue weighted by Crippen LogP contribution is -2.26. The fourth-order valence-corrected chi connectivity index (χ4v) is 2.82. The second-order valence-corrected chi connectivity index (χ2v) is 6.55. The van der Waals surface area contributed by atoms with Gasteiger partial charge in [0.2, 0.25) is 0 Å². The lowest BCUT2D eigenvalue weighted by Gasteiger charge is -2.19. The minimum Gasteiger partial charge on any atom is -0.489 e. The molecule has 2 heterocycles. The van der Waals surface area contributed by atoms with E-state index < -0.39 is 0 Å². The molecule has 0 aliphatic carbocycles. The zero-order valence-electron chi connectivity index (χ0n) is 12.1. The average Bonchev–Trinajstić information content (AvgIpc) is 2.84. The standard InChI is InChI=1S/C16H23NO2/c1-11-7-14-15(19-10-16(2,3)9-18-14)8-12(11)13-5-4-6-17-13/h7-8,13,17H,4-6,9-10H2,1-3H3. The summed E-state index contributed by atoms with van der Waals surface area (Å²) in [6.07, 6.45) is 2.47. The van der Waals surface area contributed by atoms with Gasteiger partial charge in [0.15, 0.2) is 11.5 Å². The molecule has 19 heavy (non-hydrogen) atoms. The molecule has 1 aromatic rings. The minimum absolute atomic E-state index is 0.0682. The van der Waals surface area contributed by atoms with E-state index in [0.717, 1.165) is 18.0 Å².